The summed E-state index contributed by atoms with van der Waals surface area (Å²) in [6.07, 6.45) is 0. The topological polar surface area (TPSA) is 26.3 Å². The van der Waals surface area contributed by atoms with Crippen molar-refractivity contribution >= 4 is 5.78 Å². The summed E-state index contributed by atoms with van der Waals surface area (Å²) in [6.45, 7) is 0. The Morgan fingerprint density at radius 2 is 1.55 bits per heavy atom. The van der Waals surface area contributed by atoms with Crippen LogP contribution in [0.4, 0.5) is 0 Å². The molecule has 0 aliphatic heterocycles. The van der Waals surface area contributed by atoms with E-state index in [9.17, 15) is 4.79 Å². The molecule has 0 fully saturated rings. The summed E-state index contributed by atoms with van der Waals surface area (Å²) in [6, 6.07) is 24.7. The fourth-order valence-electron chi connectivity index (χ4n) is 2.47. The Bertz CT molecular complexity index is 792. The summed E-state index contributed by atoms with van der Waals surface area (Å²) in [5, 5.41) is 0. The zero-order chi connectivity index (χ0) is 15.4. The lowest BCUT2D eigenvalue weighted by Crippen LogP contribution is -2.03. The minimum atomic E-state index is 0.0269. The van der Waals surface area contributed by atoms with Gasteiger partial charge in [-0.15, -0.1) is 0 Å². The molecule has 108 valence electrons. The average Bonchev–Trinajstić information content (AvgIpc) is 2.62. The van der Waals surface area contributed by atoms with Crippen LogP contribution in [0, 0.1) is 0 Å². The summed E-state index contributed by atoms with van der Waals surface area (Å²) in [4.78, 5) is 12.8. The largest absolute Gasteiger partial charge is 0.497 e. The zero-order valence-corrected chi connectivity index (χ0v) is 12.3. The number of ether oxygens (including phenoxy) is 1. The van der Waals surface area contributed by atoms with Crippen molar-refractivity contribution < 1.29 is 9.53 Å². The van der Waals surface area contributed by atoms with Crippen LogP contribution in [-0.4, -0.2) is 12.9 Å². The zero-order valence-electron chi connectivity index (χ0n) is 12.3. The van der Waals surface area contributed by atoms with Crippen molar-refractivity contribution in [2.45, 2.75) is 0 Å². The lowest BCUT2D eigenvalue weighted by Gasteiger charge is -2.10. The van der Waals surface area contributed by atoms with Gasteiger partial charge in [0.25, 0.3) is 0 Å². The van der Waals surface area contributed by atoms with E-state index in [1.807, 2.05) is 78.9 Å². The highest BCUT2D eigenvalue weighted by molar-refractivity contribution is 6.12. The van der Waals surface area contributed by atoms with Crippen molar-refractivity contribution in [1.82, 2.24) is 0 Å². The second-order valence-corrected chi connectivity index (χ2v) is 4.97. The molecule has 0 radical (unpaired) electrons. The van der Waals surface area contributed by atoms with E-state index < -0.39 is 0 Å². The lowest BCUT2D eigenvalue weighted by molar-refractivity contribution is 0.103. The summed E-state index contributed by atoms with van der Waals surface area (Å²) in [5.41, 5.74) is 3.27. The SMILES string of the molecule is COc1cccc(-c2ccccc2C(=O)c2ccccc2)c1. The fourth-order valence-corrected chi connectivity index (χ4v) is 2.47. The van der Waals surface area contributed by atoms with E-state index >= 15 is 0 Å². The van der Waals surface area contributed by atoms with Crippen molar-refractivity contribution in [2.75, 3.05) is 7.11 Å². The minimum Gasteiger partial charge on any atom is -0.497 e. The van der Waals surface area contributed by atoms with Crippen LogP contribution in [0.1, 0.15) is 15.9 Å². The van der Waals surface area contributed by atoms with Gasteiger partial charge in [0.2, 0.25) is 0 Å². The van der Waals surface area contributed by atoms with E-state index in [0.717, 1.165) is 16.9 Å². The summed E-state index contributed by atoms with van der Waals surface area (Å²) < 4.78 is 5.28. The molecule has 3 aromatic carbocycles. The number of hydrogen-bond acceptors (Lipinski definition) is 2. The molecular weight excluding hydrogens is 272 g/mol. The normalized spacial score (nSPS) is 10.2. The Kier molecular flexibility index (Phi) is 4.01. The Labute approximate surface area is 130 Å². The highest BCUT2D eigenvalue weighted by Gasteiger charge is 2.14. The van der Waals surface area contributed by atoms with Crippen LogP contribution >= 0.6 is 0 Å². The van der Waals surface area contributed by atoms with Crippen LogP contribution in [0.5, 0.6) is 5.75 Å². The quantitative estimate of drug-likeness (QED) is 0.656. The van der Waals surface area contributed by atoms with Gasteiger partial charge in [-0.1, -0.05) is 66.7 Å². The molecule has 0 atom stereocenters. The molecule has 2 nitrogen and oxygen atoms in total. The van der Waals surface area contributed by atoms with Gasteiger partial charge in [0.05, 0.1) is 7.11 Å². The molecule has 3 aromatic rings. The number of benzene rings is 3. The van der Waals surface area contributed by atoms with E-state index in [1.165, 1.54) is 0 Å². The second-order valence-electron chi connectivity index (χ2n) is 4.97. The van der Waals surface area contributed by atoms with Gasteiger partial charge in [0, 0.05) is 11.1 Å². The molecule has 3 rings (SSSR count). The average molecular weight is 288 g/mol. The predicted molar refractivity (Wildman–Crippen MR) is 88.3 cm³/mol. The van der Waals surface area contributed by atoms with Crippen molar-refractivity contribution in [1.29, 1.82) is 0 Å². The molecular formula is C20H16O2. The van der Waals surface area contributed by atoms with Crippen molar-refractivity contribution in [3.8, 4) is 16.9 Å². The number of ketones is 1. The van der Waals surface area contributed by atoms with Gasteiger partial charge in [-0.2, -0.15) is 0 Å². The van der Waals surface area contributed by atoms with E-state index in [-0.39, 0.29) is 5.78 Å². The Balaban J connectivity index is 2.09. The number of hydrogen-bond donors (Lipinski definition) is 0. The van der Waals surface area contributed by atoms with Gasteiger partial charge in [0.1, 0.15) is 5.75 Å². The molecule has 0 spiro atoms. The van der Waals surface area contributed by atoms with Crippen LogP contribution in [0.3, 0.4) is 0 Å². The maximum absolute atomic E-state index is 12.8. The number of methoxy groups -OCH3 is 1. The lowest BCUT2D eigenvalue weighted by atomic mass is 9.94. The molecule has 2 heteroatoms. The molecule has 0 aliphatic rings. The Hall–Kier alpha value is -2.87. The third-order valence-electron chi connectivity index (χ3n) is 3.59. The first-order valence-electron chi connectivity index (χ1n) is 7.13. The van der Waals surface area contributed by atoms with Crippen LogP contribution in [0.25, 0.3) is 11.1 Å². The molecule has 0 N–H and O–H groups in total. The third kappa shape index (κ3) is 2.77. The standard InChI is InChI=1S/C20H16O2/c1-22-17-11-7-10-16(14-17)18-12-5-6-13-19(18)20(21)15-8-3-2-4-9-15/h2-14H,1H3. The van der Waals surface area contributed by atoms with Crippen LogP contribution in [0.15, 0.2) is 78.9 Å². The Morgan fingerprint density at radius 1 is 0.818 bits per heavy atom. The highest BCUT2D eigenvalue weighted by atomic mass is 16.5. The van der Waals surface area contributed by atoms with Crippen LogP contribution in [0.2, 0.25) is 0 Å². The minimum absolute atomic E-state index is 0.0269. The molecule has 0 bridgehead atoms. The predicted octanol–water partition coefficient (Wildman–Crippen LogP) is 4.59. The first kappa shape index (κ1) is 14.1. The first-order valence-corrected chi connectivity index (χ1v) is 7.13. The molecule has 22 heavy (non-hydrogen) atoms. The van der Waals surface area contributed by atoms with Crippen LogP contribution < -0.4 is 4.74 Å². The maximum atomic E-state index is 12.8. The third-order valence-corrected chi connectivity index (χ3v) is 3.59. The molecule has 0 amide bonds. The summed E-state index contributed by atoms with van der Waals surface area (Å²) in [7, 11) is 1.64. The molecule has 0 aromatic heterocycles. The smallest absolute Gasteiger partial charge is 0.193 e. The van der Waals surface area contributed by atoms with Gasteiger partial charge in [-0.05, 0) is 23.3 Å². The summed E-state index contributed by atoms with van der Waals surface area (Å²) >= 11 is 0. The van der Waals surface area contributed by atoms with Crippen molar-refractivity contribution in [3.05, 3.63) is 90.0 Å². The van der Waals surface area contributed by atoms with E-state index in [2.05, 4.69) is 0 Å². The number of rotatable bonds is 4. The van der Waals surface area contributed by atoms with Gasteiger partial charge >= 0.3 is 0 Å². The van der Waals surface area contributed by atoms with Gasteiger partial charge < -0.3 is 4.74 Å². The van der Waals surface area contributed by atoms with Gasteiger partial charge in [-0.25, -0.2) is 0 Å². The number of carbonyl (C=O) groups excluding carboxylic acids is 1. The molecule has 0 saturated carbocycles. The highest BCUT2D eigenvalue weighted by Crippen LogP contribution is 2.28. The molecule has 0 saturated heterocycles. The molecule has 0 unspecified atom stereocenters. The van der Waals surface area contributed by atoms with Crippen molar-refractivity contribution in [2.24, 2.45) is 0 Å². The van der Waals surface area contributed by atoms with E-state index in [0.29, 0.717) is 11.1 Å². The van der Waals surface area contributed by atoms with E-state index in [4.69, 9.17) is 4.74 Å². The first-order chi connectivity index (χ1) is 10.8. The number of carbonyl (C=O) groups is 1. The van der Waals surface area contributed by atoms with Gasteiger partial charge in [0.15, 0.2) is 5.78 Å². The van der Waals surface area contributed by atoms with E-state index in [1.54, 1.807) is 7.11 Å². The monoisotopic (exact) mass is 288 g/mol. The van der Waals surface area contributed by atoms with Crippen LogP contribution in [-0.2, 0) is 0 Å². The van der Waals surface area contributed by atoms with Gasteiger partial charge in [-0.3, -0.25) is 4.79 Å². The van der Waals surface area contributed by atoms with Crippen molar-refractivity contribution in [3.63, 3.8) is 0 Å². The summed E-state index contributed by atoms with van der Waals surface area (Å²) in [5.74, 6) is 0.804. The Morgan fingerprint density at radius 3 is 2.32 bits per heavy atom. The second kappa shape index (κ2) is 6.27. The molecule has 0 aliphatic carbocycles. The fraction of sp³-hybridized carbons (Fsp3) is 0.0500. The maximum Gasteiger partial charge on any atom is 0.193 e. The molecule has 0 heterocycles.